The number of ether oxygens (including phenoxy) is 1. The first-order chi connectivity index (χ1) is 14.9. The normalized spacial score (nSPS) is 12.0. The van der Waals surface area contributed by atoms with E-state index in [1.165, 1.54) is 7.11 Å². The number of benzene rings is 2. The number of hydrogen-bond donors (Lipinski definition) is 1. The molecule has 0 spiro atoms. The second kappa shape index (κ2) is 8.45. The van der Waals surface area contributed by atoms with E-state index in [1.807, 2.05) is 37.3 Å². The number of fused-ring (bicyclic) bond motifs is 1. The van der Waals surface area contributed by atoms with Crippen molar-refractivity contribution in [1.29, 1.82) is 0 Å². The van der Waals surface area contributed by atoms with Crippen LogP contribution in [0, 0.1) is 4.77 Å². The van der Waals surface area contributed by atoms with Crippen LogP contribution in [-0.4, -0.2) is 27.6 Å². The van der Waals surface area contributed by atoms with E-state index in [0.29, 0.717) is 16.4 Å². The summed E-state index contributed by atoms with van der Waals surface area (Å²) in [5.74, 6) is -0.635. The zero-order chi connectivity index (χ0) is 22.1. The van der Waals surface area contributed by atoms with E-state index in [9.17, 15) is 9.59 Å². The van der Waals surface area contributed by atoms with Gasteiger partial charge in [0.2, 0.25) is 0 Å². The largest absolute Gasteiger partial charge is 0.465 e. The molecule has 1 unspecified atom stereocenters. The summed E-state index contributed by atoms with van der Waals surface area (Å²) in [6, 6.07) is 18.1. The summed E-state index contributed by atoms with van der Waals surface area (Å²) in [6.45, 7) is 1.96. The van der Waals surface area contributed by atoms with Crippen LogP contribution in [-0.2, 0) is 4.74 Å². The lowest BCUT2D eigenvalue weighted by molar-refractivity contribution is 0.0603. The minimum atomic E-state index is -0.635. The number of hydrogen-bond acceptors (Lipinski definition) is 5. The number of esters is 1. The molecule has 2 aromatic heterocycles. The first-order valence-corrected chi connectivity index (χ1v) is 10.3. The number of carbonyl (C=O) groups is 1. The minimum Gasteiger partial charge on any atom is -0.465 e. The second-order valence-corrected chi connectivity index (χ2v) is 7.79. The average molecular weight is 452 g/mol. The first kappa shape index (κ1) is 21.0. The summed E-state index contributed by atoms with van der Waals surface area (Å²) in [4.78, 5) is 32.9. The maximum Gasteiger partial charge on any atom is 0.338 e. The standard InChI is InChI=1S/C23H18ClN3O3S/c1-13(14-6-4-3-5-7-14)27-20-19(21(28)26-23(27)31)17(22(29)30-2)12-18(25-20)15-8-10-16(24)11-9-15/h3-13H,1-2H3,(H,26,28,31). The van der Waals surface area contributed by atoms with E-state index in [2.05, 4.69) is 4.98 Å². The Bertz CT molecular complexity index is 1400. The van der Waals surface area contributed by atoms with Crippen LogP contribution in [0.25, 0.3) is 22.3 Å². The molecule has 0 aliphatic rings. The summed E-state index contributed by atoms with van der Waals surface area (Å²) in [5.41, 5.74) is 2.14. The number of nitrogens with one attached hydrogen (secondary N) is 1. The Kier molecular flexibility index (Phi) is 5.71. The lowest BCUT2D eigenvalue weighted by Gasteiger charge is -2.20. The molecule has 0 bridgehead atoms. The topological polar surface area (TPSA) is 77.0 Å². The van der Waals surface area contributed by atoms with Crippen molar-refractivity contribution in [2.24, 2.45) is 0 Å². The number of carbonyl (C=O) groups excluding carboxylic acids is 1. The van der Waals surface area contributed by atoms with Crippen molar-refractivity contribution >= 4 is 40.8 Å². The number of H-pyrrole nitrogens is 1. The molecule has 1 atom stereocenters. The Hall–Kier alpha value is -3.29. The van der Waals surface area contributed by atoms with Crippen LogP contribution in [0.3, 0.4) is 0 Å². The Balaban J connectivity index is 2.10. The molecule has 6 nitrogen and oxygen atoms in total. The van der Waals surface area contributed by atoms with E-state index < -0.39 is 11.5 Å². The zero-order valence-electron chi connectivity index (χ0n) is 16.8. The van der Waals surface area contributed by atoms with Crippen LogP contribution >= 0.6 is 23.8 Å². The van der Waals surface area contributed by atoms with Gasteiger partial charge in [0.25, 0.3) is 5.56 Å². The van der Waals surface area contributed by atoms with Crippen LogP contribution in [0.2, 0.25) is 5.02 Å². The molecule has 0 amide bonds. The average Bonchev–Trinajstić information content (AvgIpc) is 2.78. The van der Waals surface area contributed by atoms with Gasteiger partial charge >= 0.3 is 5.97 Å². The lowest BCUT2D eigenvalue weighted by atomic mass is 10.1. The van der Waals surface area contributed by atoms with Crippen molar-refractivity contribution in [3.63, 3.8) is 0 Å². The number of pyridine rings is 1. The molecule has 4 aromatic rings. The third-order valence-electron chi connectivity index (χ3n) is 5.11. The van der Waals surface area contributed by atoms with E-state index in [4.69, 9.17) is 33.5 Å². The number of aromatic amines is 1. The molecule has 0 aliphatic heterocycles. The summed E-state index contributed by atoms with van der Waals surface area (Å²) in [6.07, 6.45) is 0. The third kappa shape index (κ3) is 3.89. The quantitative estimate of drug-likeness (QED) is 0.342. The van der Waals surface area contributed by atoms with Crippen molar-refractivity contribution in [2.45, 2.75) is 13.0 Å². The van der Waals surface area contributed by atoms with E-state index >= 15 is 0 Å². The smallest absolute Gasteiger partial charge is 0.338 e. The van der Waals surface area contributed by atoms with Crippen molar-refractivity contribution in [3.05, 3.63) is 91.9 Å². The van der Waals surface area contributed by atoms with Gasteiger partial charge in [0.15, 0.2) is 4.77 Å². The van der Waals surface area contributed by atoms with Crippen molar-refractivity contribution < 1.29 is 9.53 Å². The molecule has 0 fully saturated rings. The van der Waals surface area contributed by atoms with E-state index in [1.54, 1.807) is 34.9 Å². The molecule has 4 rings (SSSR count). The number of halogens is 1. The molecule has 0 saturated carbocycles. The Morgan fingerprint density at radius 2 is 1.84 bits per heavy atom. The molecule has 0 aliphatic carbocycles. The highest BCUT2D eigenvalue weighted by Gasteiger charge is 2.22. The third-order valence-corrected chi connectivity index (χ3v) is 5.66. The fourth-order valence-electron chi connectivity index (χ4n) is 3.53. The highest BCUT2D eigenvalue weighted by molar-refractivity contribution is 7.71. The number of aromatic nitrogens is 3. The summed E-state index contributed by atoms with van der Waals surface area (Å²) < 4.78 is 6.91. The van der Waals surface area contributed by atoms with Crippen LogP contribution in [0.5, 0.6) is 0 Å². The second-order valence-electron chi connectivity index (χ2n) is 6.97. The van der Waals surface area contributed by atoms with Crippen molar-refractivity contribution in [2.75, 3.05) is 7.11 Å². The van der Waals surface area contributed by atoms with Gasteiger partial charge in [-0.1, -0.05) is 54.1 Å². The monoisotopic (exact) mass is 451 g/mol. The zero-order valence-corrected chi connectivity index (χ0v) is 18.3. The van der Waals surface area contributed by atoms with Gasteiger partial charge in [0, 0.05) is 10.6 Å². The van der Waals surface area contributed by atoms with Crippen molar-refractivity contribution in [3.8, 4) is 11.3 Å². The van der Waals surface area contributed by atoms with Crippen LogP contribution in [0.15, 0.2) is 65.5 Å². The SMILES string of the molecule is COC(=O)c1cc(-c2ccc(Cl)cc2)nc2c1c(=O)[nH]c(=S)n2C(C)c1ccccc1. The van der Waals surface area contributed by atoms with Gasteiger partial charge in [-0.3, -0.25) is 14.3 Å². The van der Waals surface area contributed by atoms with Gasteiger partial charge in [-0.25, -0.2) is 9.78 Å². The van der Waals surface area contributed by atoms with E-state index in [0.717, 1.165) is 11.1 Å². The van der Waals surface area contributed by atoms with Gasteiger partial charge < -0.3 is 4.74 Å². The fourth-order valence-corrected chi connectivity index (χ4v) is 3.99. The molecule has 2 heterocycles. The molecule has 8 heteroatoms. The van der Waals surface area contributed by atoms with Gasteiger partial charge in [-0.15, -0.1) is 0 Å². The highest BCUT2D eigenvalue weighted by atomic mass is 35.5. The van der Waals surface area contributed by atoms with E-state index in [-0.39, 0.29) is 21.8 Å². The Labute approximate surface area is 188 Å². The van der Waals surface area contributed by atoms with Crippen LogP contribution in [0.4, 0.5) is 0 Å². The number of rotatable bonds is 4. The molecule has 1 N–H and O–H groups in total. The Morgan fingerprint density at radius 1 is 1.16 bits per heavy atom. The predicted molar refractivity (Wildman–Crippen MR) is 123 cm³/mol. The molecule has 156 valence electrons. The molecular weight excluding hydrogens is 434 g/mol. The number of methoxy groups -OCH3 is 1. The molecule has 0 radical (unpaired) electrons. The first-order valence-electron chi connectivity index (χ1n) is 9.49. The highest BCUT2D eigenvalue weighted by Crippen LogP contribution is 2.28. The minimum absolute atomic E-state index is 0.114. The molecular formula is C23H18ClN3O3S. The van der Waals surface area contributed by atoms with Crippen LogP contribution in [0.1, 0.15) is 28.9 Å². The summed E-state index contributed by atoms with van der Waals surface area (Å²) in [7, 11) is 1.27. The van der Waals surface area contributed by atoms with Gasteiger partial charge in [-0.2, -0.15) is 0 Å². The van der Waals surface area contributed by atoms with Gasteiger partial charge in [-0.05, 0) is 42.9 Å². The molecule has 2 aromatic carbocycles. The molecule has 31 heavy (non-hydrogen) atoms. The summed E-state index contributed by atoms with van der Waals surface area (Å²) >= 11 is 11.5. The predicted octanol–water partition coefficient (Wildman–Crippen LogP) is 5.17. The van der Waals surface area contributed by atoms with Gasteiger partial charge in [0.05, 0.1) is 29.8 Å². The summed E-state index contributed by atoms with van der Waals surface area (Å²) in [5, 5.41) is 0.704. The Morgan fingerprint density at radius 3 is 2.48 bits per heavy atom. The van der Waals surface area contributed by atoms with Gasteiger partial charge in [0.1, 0.15) is 5.65 Å². The lowest BCUT2D eigenvalue weighted by Crippen LogP contribution is -2.21. The maximum atomic E-state index is 12.8. The molecule has 0 saturated heterocycles. The number of nitrogens with zero attached hydrogens (tertiary/aromatic N) is 2. The van der Waals surface area contributed by atoms with Crippen LogP contribution < -0.4 is 5.56 Å². The van der Waals surface area contributed by atoms with Crippen molar-refractivity contribution in [1.82, 2.24) is 14.5 Å². The maximum absolute atomic E-state index is 12.8. The fraction of sp³-hybridized carbons (Fsp3) is 0.130.